The van der Waals surface area contributed by atoms with Gasteiger partial charge in [0.15, 0.2) is 5.78 Å². The Kier molecular flexibility index (Phi) is 2.76. The number of fused-ring (bicyclic) bond motifs is 1. The highest BCUT2D eigenvalue weighted by molar-refractivity contribution is 7.21. The molecule has 94 valence electrons. The van der Waals surface area contributed by atoms with Gasteiger partial charge in [0.2, 0.25) is 0 Å². The van der Waals surface area contributed by atoms with Crippen LogP contribution in [-0.4, -0.2) is 15.8 Å². The predicted octanol–water partition coefficient (Wildman–Crippen LogP) is 3.14. The average molecular weight is 269 g/mol. The standard InChI is InChI=1S/C14H11N3OS/c1-8(18)13-12(15)9-5-6-11(17-14(9)19-13)10-4-2-3-7-16-10/h2-7H,15H2,1H3. The highest BCUT2D eigenvalue weighted by atomic mass is 32.1. The molecule has 3 rings (SSSR count). The Morgan fingerprint density at radius 1 is 1.21 bits per heavy atom. The highest BCUT2D eigenvalue weighted by Gasteiger charge is 2.14. The number of rotatable bonds is 2. The Morgan fingerprint density at radius 3 is 2.74 bits per heavy atom. The lowest BCUT2D eigenvalue weighted by Gasteiger charge is -1.99. The van der Waals surface area contributed by atoms with Crippen molar-refractivity contribution in [2.75, 3.05) is 5.73 Å². The third-order valence-corrected chi connectivity index (χ3v) is 4.06. The first-order valence-electron chi connectivity index (χ1n) is 5.78. The van der Waals surface area contributed by atoms with Crippen molar-refractivity contribution >= 4 is 33.0 Å². The second-order valence-electron chi connectivity index (χ2n) is 4.17. The molecule has 0 aromatic carbocycles. The van der Waals surface area contributed by atoms with Crippen molar-refractivity contribution in [3.05, 3.63) is 41.4 Å². The molecule has 0 amide bonds. The number of nitrogens with zero attached hydrogens (tertiary/aromatic N) is 2. The van der Waals surface area contributed by atoms with Crippen molar-refractivity contribution in [3.8, 4) is 11.4 Å². The Hall–Kier alpha value is -2.27. The van der Waals surface area contributed by atoms with Crippen molar-refractivity contribution in [2.24, 2.45) is 0 Å². The van der Waals surface area contributed by atoms with Crippen LogP contribution in [0.3, 0.4) is 0 Å². The van der Waals surface area contributed by atoms with E-state index in [1.165, 1.54) is 18.3 Å². The normalized spacial score (nSPS) is 10.8. The second kappa shape index (κ2) is 4.44. The van der Waals surface area contributed by atoms with E-state index in [1.54, 1.807) is 6.20 Å². The fourth-order valence-electron chi connectivity index (χ4n) is 1.92. The number of carbonyl (C=O) groups is 1. The zero-order chi connectivity index (χ0) is 13.4. The van der Waals surface area contributed by atoms with Gasteiger partial charge in [0.05, 0.1) is 22.0 Å². The number of Topliss-reactive ketones (excluding diaryl/α,β-unsaturated/α-hetero) is 1. The lowest BCUT2D eigenvalue weighted by atomic mass is 10.2. The van der Waals surface area contributed by atoms with Crippen LogP contribution in [0.25, 0.3) is 21.6 Å². The molecule has 0 saturated carbocycles. The van der Waals surface area contributed by atoms with Gasteiger partial charge in [-0.2, -0.15) is 0 Å². The molecule has 0 fully saturated rings. The number of hydrogen-bond acceptors (Lipinski definition) is 5. The molecule has 0 spiro atoms. The molecule has 0 aliphatic rings. The van der Waals surface area contributed by atoms with Crippen LogP contribution in [0, 0.1) is 0 Å². The van der Waals surface area contributed by atoms with Crippen molar-refractivity contribution in [3.63, 3.8) is 0 Å². The Morgan fingerprint density at radius 2 is 2.05 bits per heavy atom. The van der Waals surface area contributed by atoms with Crippen molar-refractivity contribution in [2.45, 2.75) is 6.92 Å². The molecule has 0 saturated heterocycles. The number of aromatic nitrogens is 2. The van der Waals surface area contributed by atoms with E-state index in [2.05, 4.69) is 9.97 Å². The molecule has 0 aliphatic heterocycles. The van der Waals surface area contributed by atoms with E-state index in [0.29, 0.717) is 10.6 Å². The number of pyridine rings is 2. The molecule has 4 nitrogen and oxygen atoms in total. The van der Waals surface area contributed by atoms with Crippen LogP contribution in [0.2, 0.25) is 0 Å². The van der Waals surface area contributed by atoms with Gasteiger partial charge < -0.3 is 5.73 Å². The van der Waals surface area contributed by atoms with Gasteiger partial charge in [-0.15, -0.1) is 11.3 Å². The van der Waals surface area contributed by atoms with Crippen LogP contribution in [-0.2, 0) is 0 Å². The summed E-state index contributed by atoms with van der Waals surface area (Å²) in [7, 11) is 0. The van der Waals surface area contributed by atoms with Crippen LogP contribution in [0.15, 0.2) is 36.5 Å². The fourth-order valence-corrected chi connectivity index (χ4v) is 2.90. The van der Waals surface area contributed by atoms with Crippen LogP contribution >= 0.6 is 11.3 Å². The molecule has 3 heterocycles. The van der Waals surface area contributed by atoms with Gasteiger partial charge in [-0.1, -0.05) is 6.07 Å². The summed E-state index contributed by atoms with van der Waals surface area (Å²) in [4.78, 5) is 21.6. The van der Waals surface area contributed by atoms with Gasteiger partial charge in [0.25, 0.3) is 0 Å². The third kappa shape index (κ3) is 1.98. The van der Waals surface area contributed by atoms with E-state index in [1.807, 2.05) is 30.3 Å². The molecule has 3 aromatic heterocycles. The monoisotopic (exact) mass is 269 g/mol. The second-order valence-corrected chi connectivity index (χ2v) is 5.16. The van der Waals surface area contributed by atoms with Gasteiger partial charge in [-0.25, -0.2) is 4.98 Å². The van der Waals surface area contributed by atoms with Crippen LogP contribution in [0.4, 0.5) is 5.69 Å². The number of thiophene rings is 1. The first-order valence-corrected chi connectivity index (χ1v) is 6.60. The maximum Gasteiger partial charge on any atom is 0.171 e. The minimum atomic E-state index is -0.0279. The smallest absolute Gasteiger partial charge is 0.171 e. The zero-order valence-electron chi connectivity index (χ0n) is 10.3. The number of nitrogens with two attached hydrogens (primary N) is 1. The summed E-state index contributed by atoms with van der Waals surface area (Å²) in [5, 5.41) is 0.829. The van der Waals surface area contributed by atoms with Gasteiger partial charge in [0, 0.05) is 18.5 Å². The highest BCUT2D eigenvalue weighted by Crippen LogP contribution is 2.33. The molecular weight excluding hydrogens is 258 g/mol. The number of carbonyl (C=O) groups excluding carboxylic acids is 1. The van der Waals surface area contributed by atoms with E-state index in [4.69, 9.17) is 5.73 Å². The lowest BCUT2D eigenvalue weighted by molar-refractivity contribution is 0.102. The molecule has 0 aliphatic carbocycles. The fraction of sp³-hybridized carbons (Fsp3) is 0.0714. The van der Waals surface area contributed by atoms with E-state index >= 15 is 0 Å². The number of hydrogen-bond donors (Lipinski definition) is 1. The quantitative estimate of drug-likeness (QED) is 0.726. The minimum Gasteiger partial charge on any atom is -0.397 e. The molecule has 0 atom stereocenters. The summed E-state index contributed by atoms with van der Waals surface area (Å²) < 4.78 is 0. The largest absolute Gasteiger partial charge is 0.397 e. The van der Waals surface area contributed by atoms with Crippen LogP contribution in [0.5, 0.6) is 0 Å². The molecule has 0 radical (unpaired) electrons. The van der Waals surface area contributed by atoms with Gasteiger partial charge in [-0.05, 0) is 24.3 Å². The lowest BCUT2D eigenvalue weighted by Crippen LogP contribution is -1.93. The first kappa shape index (κ1) is 11.8. The molecule has 0 bridgehead atoms. The Balaban J connectivity index is 2.19. The number of anilines is 1. The maximum atomic E-state index is 11.5. The maximum absolute atomic E-state index is 11.5. The molecular formula is C14H11N3OS. The van der Waals surface area contributed by atoms with E-state index in [0.717, 1.165) is 21.6 Å². The Labute approximate surface area is 113 Å². The molecule has 3 aromatic rings. The van der Waals surface area contributed by atoms with Gasteiger partial charge in [-0.3, -0.25) is 9.78 Å². The summed E-state index contributed by atoms with van der Waals surface area (Å²) >= 11 is 1.33. The number of nitrogen functional groups attached to an aromatic ring is 1. The topological polar surface area (TPSA) is 68.9 Å². The predicted molar refractivity (Wildman–Crippen MR) is 77.3 cm³/mol. The van der Waals surface area contributed by atoms with Crippen LogP contribution in [0.1, 0.15) is 16.6 Å². The summed E-state index contributed by atoms with van der Waals surface area (Å²) in [6.07, 6.45) is 1.73. The van der Waals surface area contributed by atoms with Crippen molar-refractivity contribution < 1.29 is 4.79 Å². The minimum absolute atomic E-state index is 0.0279. The molecule has 0 unspecified atom stereocenters. The average Bonchev–Trinajstić information content (AvgIpc) is 2.77. The molecule has 5 heteroatoms. The van der Waals surface area contributed by atoms with Gasteiger partial charge in [0.1, 0.15) is 4.83 Å². The van der Waals surface area contributed by atoms with E-state index in [9.17, 15) is 4.79 Å². The molecule has 2 N–H and O–H groups in total. The molecule has 19 heavy (non-hydrogen) atoms. The number of ketones is 1. The van der Waals surface area contributed by atoms with E-state index in [-0.39, 0.29) is 5.78 Å². The summed E-state index contributed by atoms with van der Waals surface area (Å²) in [6, 6.07) is 9.44. The van der Waals surface area contributed by atoms with Crippen LogP contribution < -0.4 is 5.73 Å². The Bertz CT molecular complexity index is 765. The van der Waals surface area contributed by atoms with Crippen molar-refractivity contribution in [1.29, 1.82) is 0 Å². The van der Waals surface area contributed by atoms with Crippen molar-refractivity contribution in [1.82, 2.24) is 9.97 Å². The summed E-state index contributed by atoms with van der Waals surface area (Å²) in [6.45, 7) is 1.51. The summed E-state index contributed by atoms with van der Waals surface area (Å²) in [5.74, 6) is -0.0279. The van der Waals surface area contributed by atoms with Gasteiger partial charge >= 0.3 is 0 Å². The first-order chi connectivity index (χ1) is 9.16. The van der Waals surface area contributed by atoms with E-state index < -0.39 is 0 Å². The third-order valence-electron chi connectivity index (χ3n) is 2.84. The zero-order valence-corrected chi connectivity index (χ0v) is 11.1. The SMILES string of the molecule is CC(=O)c1sc2nc(-c3ccccn3)ccc2c1N. The summed E-state index contributed by atoms with van der Waals surface area (Å²) in [5.41, 5.74) is 8.07.